The molecule has 0 bridgehead atoms. The highest BCUT2D eigenvalue weighted by Gasteiger charge is 2.47. The molecular formula is C17H16F3NO4S. The summed E-state index contributed by atoms with van der Waals surface area (Å²) >= 11 is 0. The van der Waals surface area contributed by atoms with Gasteiger partial charge in [0.25, 0.3) is 15.7 Å². The molecule has 1 amide bonds. The zero-order chi connectivity index (χ0) is 19.7. The maximum absolute atomic E-state index is 12.7. The number of rotatable bonds is 4. The quantitative estimate of drug-likeness (QED) is 0.865. The molecular weight excluding hydrogens is 371 g/mol. The summed E-state index contributed by atoms with van der Waals surface area (Å²) in [4.78, 5) is 11.4. The summed E-state index contributed by atoms with van der Waals surface area (Å²) in [5, 5.41) is 2.40. The molecule has 0 saturated carbocycles. The molecule has 2 aromatic rings. The third-order valence-electron chi connectivity index (χ3n) is 3.52. The summed E-state index contributed by atoms with van der Waals surface area (Å²) in [6, 6.07) is 7.61. The summed E-state index contributed by atoms with van der Waals surface area (Å²) < 4.78 is 66.4. The van der Waals surface area contributed by atoms with Crippen molar-refractivity contribution in [1.29, 1.82) is 0 Å². The highest BCUT2D eigenvalue weighted by atomic mass is 32.2. The zero-order valence-electron chi connectivity index (χ0n) is 14.1. The lowest BCUT2D eigenvalue weighted by Gasteiger charge is -2.14. The second kappa shape index (κ2) is 6.99. The SMILES string of the molecule is COc1ccc(S(=O)(=O)C(F)(F)F)cc1NC(=O)c1cc(C)cc(C)c1. The normalized spacial score (nSPS) is 11.9. The second-order valence-electron chi connectivity index (χ2n) is 5.64. The Bertz CT molecular complexity index is 933. The number of hydrogen-bond donors (Lipinski definition) is 1. The number of benzene rings is 2. The predicted octanol–water partition coefficient (Wildman–Crippen LogP) is 3.86. The van der Waals surface area contributed by atoms with Crippen molar-refractivity contribution in [2.45, 2.75) is 24.3 Å². The number of alkyl halides is 3. The summed E-state index contributed by atoms with van der Waals surface area (Å²) in [7, 11) is -4.29. The molecule has 0 unspecified atom stereocenters. The molecule has 9 heteroatoms. The van der Waals surface area contributed by atoms with E-state index < -0.39 is 26.1 Å². The summed E-state index contributed by atoms with van der Waals surface area (Å²) in [6.45, 7) is 3.59. The lowest BCUT2D eigenvalue weighted by Crippen LogP contribution is -2.23. The van der Waals surface area contributed by atoms with Crippen LogP contribution in [0.2, 0.25) is 0 Å². The molecule has 26 heavy (non-hydrogen) atoms. The number of ether oxygens (including phenoxy) is 1. The number of aryl methyl sites for hydroxylation is 2. The molecule has 140 valence electrons. The number of amides is 1. The van der Waals surface area contributed by atoms with Gasteiger partial charge in [-0.3, -0.25) is 4.79 Å². The first-order chi connectivity index (χ1) is 12.0. The molecule has 0 heterocycles. The first-order valence-electron chi connectivity index (χ1n) is 7.35. The van der Waals surface area contributed by atoms with E-state index in [1.54, 1.807) is 26.0 Å². The van der Waals surface area contributed by atoms with Crippen LogP contribution in [0, 0.1) is 13.8 Å². The molecule has 2 aromatic carbocycles. The fourth-order valence-corrected chi connectivity index (χ4v) is 3.17. The standard InChI is InChI=1S/C17H16F3NO4S/c1-10-6-11(2)8-12(7-10)16(22)21-14-9-13(4-5-15(14)25-3)26(23,24)17(18,19)20/h4-9H,1-3H3,(H,21,22). The molecule has 0 aromatic heterocycles. The van der Waals surface area contributed by atoms with E-state index in [4.69, 9.17) is 4.74 Å². The molecule has 0 atom stereocenters. The largest absolute Gasteiger partial charge is 0.501 e. The Morgan fingerprint density at radius 2 is 1.62 bits per heavy atom. The molecule has 0 saturated heterocycles. The topological polar surface area (TPSA) is 72.5 Å². The van der Waals surface area contributed by atoms with Crippen LogP contribution in [0.25, 0.3) is 0 Å². The molecule has 0 spiro atoms. The first-order valence-corrected chi connectivity index (χ1v) is 8.83. The van der Waals surface area contributed by atoms with Gasteiger partial charge < -0.3 is 10.1 Å². The minimum Gasteiger partial charge on any atom is -0.495 e. The predicted molar refractivity (Wildman–Crippen MR) is 90.1 cm³/mol. The van der Waals surface area contributed by atoms with Gasteiger partial charge in [0.15, 0.2) is 0 Å². The van der Waals surface area contributed by atoms with Gasteiger partial charge in [0.2, 0.25) is 0 Å². The van der Waals surface area contributed by atoms with E-state index in [2.05, 4.69) is 5.32 Å². The maximum Gasteiger partial charge on any atom is 0.501 e. The number of anilines is 1. The van der Waals surface area contributed by atoms with Gasteiger partial charge in [0.05, 0.1) is 17.7 Å². The highest BCUT2D eigenvalue weighted by molar-refractivity contribution is 7.92. The lowest BCUT2D eigenvalue weighted by atomic mass is 10.1. The fraction of sp³-hybridized carbons (Fsp3) is 0.235. The third-order valence-corrected chi connectivity index (χ3v) is 5.00. The minimum absolute atomic E-state index is 0.0313. The van der Waals surface area contributed by atoms with Crippen LogP contribution in [-0.4, -0.2) is 26.9 Å². The Hall–Kier alpha value is -2.55. The van der Waals surface area contributed by atoms with Gasteiger partial charge in [-0.2, -0.15) is 13.2 Å². The number of halogens is 3. The van der Waals surface area contributed by atoms with Crippen molar-refractivity contribution in [3.63, 3.8) is 0 Å². The number of sulfone groups is 1. The van der Waals surface area contributed by atoms with E-state index in [1.165, 1.54) is 7.11 Å². The average molecular weight is 387 g/mol. The number of carbonyl (C=O) groups excluding carboxylic acids is 1. The molecule has 1 N–H and O–H groups in total. The van der Waals surface area contributed by atoms with E-state index in [-0.39, 0.29) is 17.0 Å². The van der Waals surface area contributed by atoms with Crippen LogP contribution in [0.3, 0.4) is 0 Å². The van der Waals surface area contributed by atoms with Crippen molar-refractivity contribution in [1.82, 2.24) is 0 Å². The molecule has 2 rings (SSSR count). The fourth-order valence-electron chi connectivity index (χ4n) is 2.39. The van der Waals surface area contributed by atoms with Crippen molar-refractivity contribution >= 4 is 21.4 Å². The minimum atomic E-state index is -5.54. The van der Waals surface area contributed by atoms with Gasteiger partial charge in [-0.05, 0) is 44.2 Å². The van der Waals surface area contributed by atoms with Crippen LogP contribution in [0.4, 0.5) is 18.9 Å². The van der Waals surface area contributed by atoms with Gasteiger partial charge in [-0.1, -0.05) is 17.2 Å². The molecule has 0 radical (unpaired) electrons. The van der Waals surface area contributed by atoms with E-state index in [0.29, 0.717) is 0 Å². The third kappa shape index (κ3) is 3.98. The summed E-state index contributed by atoms with van der Waals surface area (Å²) in [6.07, 6.45) is 0. The number of hydrogen-bond acceptors (Lipinski definition) is 4. The second-order valence-corrected chi connectivity index (χ2v) is 7.58. The number of carbonyl (C=O) groups is 1. The van der Waals surface area contributed by atoms with Crippen molar-refractivity contribution in [2.24, 2.45) is 0 Å². The number of nitrogens with one attached hydrogen (secondary N) is 1. The van der Waals surface area contributed by atoms with Crippen LogP contribution in [-0.2, 0) is 9.84 Å². The van der Waals surface area contributed by atoms with Crippen molar-refractivity contribution in [2.75, 3.05) is 12.4 Å². The smallest absolute Gasteiger partial charge is 0.495 e. The Labute approximate surface area is 148 Å². The van der Waals surface area contributed by atoms with E-state index in [0.717, 1.165) is 29.3 Å². The molecule has 0 aliphatic heterocycles. The Balaban J connectivity index is 2.45. The van der Waals surface area contributed by atoms with E-state index in [1.807, 2.05) is 6.07 Å². The van der Waals surface area contributed by atoms with Crippen LogP contribution in [0.5, 0.6) is 5.75 Å². The molecule has 0 fully saturated rings. The lowest BCUT2D eigenvalue weighted by molar-refractivity contribution is -0.0436. The average Bonchev–Trinajstić information content (AvgIpc) is 2.52. The van der Waals surface area contributed by atoms with E-state index >= 15 is 0 Å². The van der Waals surface area contributed by atoms with Crippen molar-refractivity contribution in [3.8, 4) is 5.75 Å². The number of methoxy groups -OCH3 is 1. The summed E-state index contributed by atoms with van der Waals surface area (Å²) in [5.41, 5.74) is -3.68. The zero-order valence-corrected chi connectivity index (χ0v) is 15.0. The Morgan fingerprint density at radius 1 is 1.04 bits per heavy atom. The molecule has 5 nitrogen and oxygen atoms in total. The van der Waals surface area contributed by atoms with Gasteiger partial charge >= 0.3 is 5.51 Å². The van der Waals surface area contributed by atoms with Crippen molar-refractivity contribution < 1.29 is 31.1 Å². The van der Waals surface area contributed by atoms with Crippen LogP contribution in [0.1, 0.15) is 21.5 Å². The monoisotopic (exact) mass is 387 g/mol. The van der Waals surface area contributed by atoms with Crippen LogP contribution < -0.4 is 10.1 Å². The summed E-state index contributed by atoms with van der Waals surface area (Å²) in [5.74, 6) is -0.569. The van der Waals surface area contributed by atoms with Crippen LogP contribution >= 0.6 is 0 Å². The van der Waals surface area contributed by atoms with Gasteiger partial charge in [0.1, 0.15) is 5.75 Å². The maximum atomic E-state index is 12.7. The Morgan fingerprint density at radius 3 is 2.12 bits per heavy atom. The highest BCUT2D eigenvalue weighted by Crippen LogP contribution is 2.34. The van der Waals surface area contributed by atoms with Crippen LogP contribution in [0.15, 0.2) is 41.3 Å². The Kier molecular flexibility index (Phi) is 5.31. The van der Waals surface area contributed by atoms with Gasteiger partial charge in [0, 0.05) is 5.56 Å². The molecule has 0 aliphatic carbocycles. The molecule has 0 aliphatic rings. The first kappa shape index (κ1) is 19.8. The van der Waals surface area contributed by atoms with Gasteiger partial charge in [-0.25, -0.2) is 8.42 Å². The van der Waals surface area contributed by atoms with Gasteiger partial charge in [-0.15, -0.1) is 0 Å². The van der Waals surface area contributed by atoms with Crippen molar-refractivity contribution in [3.05, 3.63) is 53.1 Å². The van der Waals surface area contributed by atoms with E-state index in [9.17, 15) is 26.4 Å².